The van der Waals surface area contributed by atoms with E-state index in [0.717, 1.165) is 6.42 Å². The van der Waals surface area contributed by atoms with Crippen molar-refractivity contribution in [3.63, 3.8) is 0 Å². The highest BCUT2D eigenvalue weighted by atomic mass is 16.6. The molecule has 1 N–H and O–H groups in total. The number of carbonyl (C=O) groups is 2. The summed E-state index contributed by atoms with van der Waals surface area (Å²) in [7, 11) is 0. The highest BCUT2D eigenvalue weighted by Crippen LogP contribution is 2.24. The van der Waals surface area contributed by atoms with Crippen LogP contribution in [0.25, 0.3) is 0 Å². The molecule has 0 aliphatic carbocycles. The summed E-state index contributed by atoms with van der Waals surface area (Å²) in [6, 6.07) is 0. The molecular weight excluding hydrogens is 572 g/mol. The second kappa shape index (κ2) is 31.9. The maximum Gasteiger partial charge on any atom is 0.302 e. The molecule has 0 fully saturated rings. The third-order valence-corrected chi connectivity index (χ3v) is 5.71. The maximum atomic E-state index is 10.7. The van der Waals surface area contributed by atoms with Crippen LogP contribution < -0.4 is 0 Å². The minimum atomic E-state index is -0.352. The number of rotatable bonds is 34. The van der Waals surface area contributed by atoms with Crippen molar-refractivity contribution in [1.82, 2.24) is 0 Å². The van der Waals surface area contributed by atoms with Gasteiger partial charge >= 0.3 is 11.9 Å². The molecule has 0 spiro atoms. The summed E-state index contributed by atoms with van der Waals surface area (Å²) in [6.07, 6.45) is 1.43. The van der Waals surface area contributed by atoms with Crippen molar-refractivity contribution in [2.45, 2.75) is 33.6 Å². The van der Waals surface area contributed by atoms with Gasteiger partial charge in [-0.1, -0.05) is 6.92 Å². The van der Waals surface area contributed by atoms with E-state index in [4.69, 9.17) is 57.2 Å². The normalized spacial score (nSPS) is 12.7. The van der Waals surface area contributed by atoms with Crippen molar-refractivity contribution >= 4 is 11.9 Å². The minimum Gasteiger partial charge on any atom is -0.466 e. The molecule has 0 bridgehead atoms. The molecule has 0 radical (unpaired) electrons. The van der Waals surface area contributed by atoms with E-state index in [1.165, 1.54) is 13.8 Å². The van der Waals surface area contributed by atoms with Crippen molar-refractivity contribution in [2.24, 2.45) is 5.41 Å². The van der Waals surface area contributed by atoms with Crippen LogP contribution in [-0.2, 0) is 61.7 Å². The Bertz CT molecular complexity index is 624. The summed E-state index contributed by atoms with van der Waals surface area (Å²) in [5.41, 5.74) is -0.352. The first-order valence-corrected chi connectivity index (χ1v) is 15.0. The zero-order chi connectivity index (χ0) is 31.7. The van der Waals surface area contributed by atoms with Crippen LogP contribution in [0.15, 0.2) is 0 Å². The van der Waals surface area contributed by atoms with Gasteiger partial charge in [-0.05, 0) is 6.42 Å². The molecule has 0 aromatic carbocycles. The molecular formula is C29H56O14. The van der Waals surface area contributed by atoms with Crippen molar-refractivity contribution in [1.29, 1.82) is 0 Å². The van der Waals surface area contributed by atoms with Crippen molar-refractivity contribution in [3.8, 4) is 0 Å². The first-order chi connectivity index (χ1) is 21.0. The molecule has 43 heavy (non-hydrogen) atoms. The summed E-state index contributed by atoms with van der Waals surface area (Å²) < 4.78 is 60.0. The molecule has 0 amide bonds. The van der Waals surface area contributed by atoms with E-state index in [1.54, 1.807) is 0 Å². The van der Waals surface area contributed by atoms with Gasteiger partial charge in [0.05, 0.1) is 126 Å². The van der Waals surface area contributed by atoms with Crippen LogP contribution in [0.3, 0.4) is 0 Å². The van der Waals surface area contributed by atoms with Crippen LogP contribution in [0.4, 0.5) is 0 Å². The summed E-state index contributed by atoms with van der Waals surface area (Å²) in [5, 5.41) is 8.72. The number of hydrogen-bond donors (Lipinski definition) is 1. The molecule has 14 heteroatoms. The maximum absolute atomic E-state index is 10.7. The fraction of sp³-hybridized carbons (Fsp3) is 0.931. The molecule has 256 valence electrons. The van der Waals surface area contributed by atoms with Crippen molar-refractivity contribution in [2.75, 3.05) is 139 Å². The Morgan fingerprint density at radius 3 is 1.16 bits per heavy atom. The van der Waals surface area contributed by atoms with Gasteiger partial charge in [0.25, 0.3) is 0 Å². The quantitative estimate of drug-likeness (QED) is 0.0797. The van der Waals surface area contributed by atoms with Gasteiger partial charge in [0.1, 0.15) is 6.61 Å². The lowest BCUT2D eigenvalue weighted by Gasteiger charge is -2.32. The lowest BCUT2D eigenvalue weighted by Crippen LogP contribution is -2.38. The molecule has 0 heterocycles. The minimum absolute atomic E-state index is 0.00727. The zero-order valence-electron chi connectivity index (χ0n) is 26.5. The molecule has 0 saturated carbocycles. The Balaban J connectivity index is 4.22. The lowest BCUT2D eigenvalue weighted by molar-refractivity contribution is -0.143. The third kappa shape index (κ3) is 30.4. The Hall–Kier alpha value is -1.46. The molecule has 0 aliphatic rings. The van der Waals surface area contributed by atoms with Crippen molar-refractivity contribution in [3.05, 3.63) is 0 Å². The standard InChI is InChI=1S/C29H56O14/c1-4-29(25-40-20-17-36-13-11-34-9-6-30,26-41-21-18-37-14-15-38-22-23-43-28(3)32)24-39-19-16-35-12-10-33-7-5-8-42-27(2)31/h30H,4-26H2,1-3H3. The SMILES string of the molecule is CCC(COCCOCCOCCO)(COCCOCCOCCCOC(C)=O)COCCOCCOCCOC(C)=O. The number of ether oxygens (including phenoxy) is 11. The van der Waals surface area contributed by atoms with Gasteiger partial charge in [-0.15, -0.1) is 0 Å². The van der Waals surface area contributed by atoms with Crippen LogP contribution in [0.1, 0.15) is 33.6 Å². The van der Waals surface area contributed by atoms with Crippen LogP contribution in [0.2, 0.25) is 0 Å². The molecule has 0 aliphatic heterocycles. The predicted molar refractivity (Wildman–Crippen MR) is 155 cm³/mol. The van der Waals surface area contributed by atoms with Gasteiger partial charge in [0.2, 0.25) is 0 Å². The predicted octanol–water partition coefficient (Wildman–Crippen LogP) is 1.04. The summed E-state index contributed by atoms with van der Waals surface area (Å²) >= 11 is 0. The number of hydrogen-bond acceptors (Lipinski definition) is 14. The van der Waals surface area contributed by atoms with E-state index in [0.29, 0.717) is 132 Å². The summed E-state index contributed by atoms with van der Waals surface area (Å²) in [5.74, 6) is -0.619. The molecule has 1 unspecified atom stereocenters. The largest absolute Gasteiger partial charge is 0.466 e. The summed E-state index contributed by atoms with van der Waals surface area (Å²) in [4.78, 5) is 21.4. The van der Waals surface area contributed by atoms with E-state index in [1.807, 2.05) is 0 Å². The van der Waals surface area contributed by atoms with Gasteiger partial charge in [0.15, 0.2) is 0 Å². The Labute approximate surface area is 256 Å². The topological polar surface area (TPSA) is 156 Å². The first-order valence-electron chi connectivity index (χ1n) is 15.0. The molecule has 0 aromatic heterocycles. The van der Waals surface area contributed by atoms with Gasteiger partial charge in [-0.3, -0.25) is 9.59 Å². The number of aliphatic hydroxyl groups excluding tert-OH is 1. The van der Waals surface area contributed by atoms with Gasteiger partial charge < -0.3 is 57.2 Å². The van der Waals surface area contributed by atoms with Crippen LogP contribution in [-0.4, -0.2) is 156 Å². The average Bonchev–Trinajstić information content (AvgIpc) is 2.98. The Kier molecular flexibility index (Phi) is 30.9. The van der Waals surface area contributed by atoms with Gasteiger partial charge in [-0.2, -0.15) is 0 Å². The van der Waals surface area contributed by atoms with Crippen molar-refractivity contribution < 1.29 is 66.8 Å². The average molecular weight is 629 g/mol. The second-order valence-electron chi connectivity index (χ2n) is 9.44. The molecule has 1 atom stereocenters. The summed E-state index contributed by atoms with van der Waals surface area (Å²) in [6.45, 7) is 13.0. The molecule has 0 rings (SSSR count). The third-order valence-electron chi connectivity index (χ3n) is 5.71. The van der Waals surface area contributed by atoms with Crippen LogP contribution >= 0.6 is 0 Å². The van der Waals surface area contributed by atoms with Gasteiger partial charge in [0, 0.05) is 32.3 Å². The smallest absolute Gasteiger partial charge is 0.302 e. The lowest BCUT2D eigenvalue weighted by atomic mass is 9.88. The molecule has 0 saturated heterocycles. The fourth-order valence-electron chi connectivity index (χ4n) is 3.30. The van der Waals surface area contributed by atoms with E-state index in [-0.39, 0.29) is 30.6 Å². The number of carbonyl (C=O) groups excluding carboxylic acids is 2. The van der Waals surface area contributed by atoms with E-state index in [9.17, 15) is 9.59 Å². The second-order valence-corrected chi connectivity index (χ2v) is 9.44. The van der Waals surface area contributed by atoms with E-state index < -0.39 is 0 Å². The van der Waals surface area contributed by atoms with E-state index in [2.05, 4.69) is 6.92 Å². The highest BCUT2D eigenvalue weighted by Gasteiger charge is 2.30. The van der Waals surface area contributed by atoms with Gasteiger partial charge in [-0.25, -0.2) is 0 Å². The molecule has 14 nitrogen and oxygen atoms in total. The number of aliphatic hydroxyl groups is 1. The van der Waals surface area contributed by atoms with Crippen LogP contribution in [0.5, 0.6) is 0 Å². The number of esters is 2. The first kappa shape index (κ1) is 41.5. The monoisotopic (exact) mass is 628 g/mol. The Morgan fingerprint density at radius 2 is 0.791 bits per heavy atom. The Morgan fingerprint density at radius 1 is 0.465 bits per heavy atom. The fourth-order valence-corrected chi connectivity index (χ4v) is 3.30. The molecule has 0 aromatic rings. The zero-order valence-corrected chi connectivity index (χ0v) is 26.5. The van der Waals surface area contributed by atoms with Crippen LogP contribution in [0, 0.1) is 5.41 Å². The highest BCUT2D eigenvalue weighted by molar-refractivity contribution is 5.66. The van der Waals surface area contributed by atoms with E-state index >= 15 is 0 Å².